The van der Waals surface area contributed by atoms with Gasteiger partial charge in [-0.05, 0) is 35.0 Å². The monoisotopic (exact) mass is 342 g/mol. The van der Waals surface area contributed by atoms with Crippen LogP contribution in [0.1, 0.15) is 6.92 Å². The van der Waals surface area contributed by atoms with Crippen molar-refractivity contribution in [3.05, 3.63) is 22.8 Å². The molecule has 0 radical (unpaired) electrons. The highest BCUT2D eigenvalue weighted by Gasteiger charge is 2.29. The first-order valence-corrected chi connectivity index (χ1v) is 6.58. The van der Waals surface area contributed by atoms with E-state index < -0.39 is 23.9 Å². The van der Waals surface area contributed by atoms with Gasteiger partial charge in [-0.1, -0.05) is 11.8 Å². The zero-order chi connectivity index (χ0) is 13.8. The fourth-order valence-corrected chi connectivity index (χ4v) is 2.37. The van der Waals surface area contributed by atoms with Crippen molar-refractivity contribution in [3.63, 3.8) is 0 Å². The maximum atomic E-state index is 11.9. The summed E-state index contributed by atoms with van der Waals surface area (Å²) in [4.78, 5) is 15.5. The lowest BCUT2D eigenvalue weighted by Gasteiger charge is -2.13. The van der Waals surface area contributed by atoms with Crippen molar-refractivity contribution in [1.82, 2.24) is 10.3 Å². The summed E-state index contributed by atoms with van der Waals surface area (Å²) < 4.78 is 36.5. The lowest BCUT2D eigenvalue weighted by Crippen LogP contribution is -2.38. The predicted molar refractivity (Wildman–Crippen MR) is 66.3 cm³/mol. The highest BCUT2D eigenvalue weighted by atomic mass is 79.9. The third-order valence-corrected chi connectivity index (χ3v) is 3.86. The van der Waals surface area contributed by atoms with Crippen LogP contribution in [0.3, 0.4) is 0 Å². The van der Waals surface area contributed by atoms with Gasteiger partial charge in [0.1, 0.15) is 11.6 Å². The van der Waals surface area contributed by atoms with Crippen molar-refractivity contribution in [3.8, 4) is 0 Å². The van der Waals surface area contributed by atoms with Crippen LogP contribution in [0.15, 0.2) is 27.8 Å². The molecule has 0 bridgehead atoms. The lowest BCUT2D eigenvalue weighted by molar-refractivity contribution is -0.137. The van der Waals surface area contributed by atoms with Gasteiger partial charge in [-0.2, -0.15) is 13.2 Å². The molecular weight excluding hydrogens is 333 g/mol. The number of nitrogens with one attached hydrogen (secondary N) is 1. The minimum atomic E-state index is -4.40. The average molecular weight is 343 g/mol. The van der Waals surface area contributed by atoms with Crippen LogP contribution < -0.4 is 5.32 Å². The van der Waals surface area contributed by atoms with E-state index in [2.05, 4.69) is 20.9 Å². The second-order valence-electron chi connectivity index (χ2n) is 3.38. The fourth-order valence-electron chi connectivity index (χ4n) is 1.01. The van der Waals surface area contributed by atoms with Gasteiger partial charge in [0, 0.05) is 10.7 Å². The molecule has 0 aromatic carbocycles. The number of carbonyl (C=O) groups excluding carboxylic acids is 1. The molecule has 1 atom stereocenters. The van der Waals surface area contributed by atoms with Crippen LogP contribution in [0.25, 0.3) is 0 Å². The van der Waals surface area contributed by atoms with Crippen molar-refractivity contribution in [1.29, 1.82) is 0 Å². The Morgan fingerprint density at radius 2 is 2.28 bits per heavy atom. The molecular formula is C10H10BrF3N2OS. The summed E-state index contributed by atoms with van der Waals surface area (Å²) in [6.45, 7) is 0.206. The van der Waals surface area contributed by atoms with E-state index in [1.54, 1.807) is 18.3 Å². The molecule has 0 saturated carbocycles. The van der Waals surface area contributed by atoms with E-state index in [9.17, 15) is 18.0 Å². The highest BCUT2D eigenvalue weighted by Crippen LogP contribution is 2.28. The third-order valence-electron chi connectivity index (χ3n) is 1.85. The van der Waals surface area contributed by atoms with E-state index in [1.165, 1.54) is 6.92 Å². The van der Waals surface area contributed by atoms with E-state index in [0.717, 1.165) is 11.8 Å². The standard InChI is InChI=1S/C10H10BrF3N2OS/c1-6(8(17)16-5-10(12,13)14)18-9-7(11)3-2-4-15-9/h2-4,6H,5H2,1H3,(H,16,17)/t6-/m0/s1. The Bertz CT molecular complexity index is 428. The number of hydrogen-bond donors (Lipinski definition) is 1. The maximum Gasteiger partial charge on any atom is 0.405 e. The minimum Gasteiger partial charge on any atom is -0.346 e. The molecule has 100 valence electrons. The van der Waals surface area contributed by atoms with Gasteiger partial charge < -0.3 is 5.32 Å². The lowest BCUT2D eigenvalue weighted by atomic mass is 10.4. The summed E-state index contributed by atoms with van der Waals surface area (Å²) in [5.74, 6) is -0.671. The van der Waals surface area contributed by atoms with E-state index in [-0.39, 0.29) is 0 Å². The molecule has 0 unspecified atom stereocenters. The summed E-state index contributed by atoms with van der Waals surface area (Å²) in [6, 6.07) is 3.46. The molecule has 18 heavy (non-hydrogen) atoms. The number of halogens is 4. The molecule has 1 aromatic heterocycles. The van der Waals surface area contributed by atoms with E-state index >= 15 is 0 Å². The minimum absolute atomic E-state index is 0.562. The van der Waals surface area contributed by atoms with Crippen LogP contribution >= 0.6 is 27.7 Å². The Labute approximate surface area is 115 Å². The predicted octanol–water partition coefficient (Wildman–Crippen LogP) is 3.00. The third kappa shape index (κ3) is 5.26. The zero-order valence-corrected chi connectivity index (χ0v) is 11.7. The number of thioether (sulfide) groups is 1. The number of carbonyl (C=O) groups is 1. The van der Waals surface area contributed by atoms with Crippen molar-refractivity contribution in [2.24, 2.45) is 0 Å². The van der Waals surface area contributed by atoms with E-state index in [1.807, 2.05) is 5.32 Å². The number of amides is 1. The van der Waals surface area contributed by atoms with Crippen molar-refractivity contribution < 1.29 is 18.0 Å². The average Bonchev–Trinajstić information content (AvgIpc) is 2.28. The summed E-state index contributed by atoms with van der Waals surface area (Å²) in [7, 11) is 0. The van der Waals surface area contributed by atoms with Crippen LogP contribution in [-0.4, -0.2) is 28.9 Å². The van der Waals surface area contributed by atoms with Gasteiger partial charge >= 0.3 is 6.18 Å². The normalized spacial score (nSPS) is 13.2. The first-order chi connectivity index (χ1) is 8.29. The number of aromatic nitrogens is 1. The molecule has 3 nitrogen and oxygen atoms in total. The Morgan fingerprint density at radius 3 is 2.83 bits per heavy atom. The van der Waals surface area contributed by atoms with Crippen LogP contribution in [0, 0.1) is 0 Å². The first-order valence-electron chi connectivity index (χ1n) is 4.91. The van der Waals surface area contributed by atoms with Gasteiger partial charge in [0.2, 0.25) is 5.91 Å². The second-order valence-corrected chi connectivity index (χ2v) is 5.57. The Morgan fingerprint density at radius 1 is 1.61 bits per heavy atom. The SMILES string of the molecule is C[C@H](Sc1ncccc1Br)C(=O)NCC(F)(F)F. The van der Waals surface area contributed by atoms with Crippen molar-refractivity contribution in [2.45, 2.75) is 23.4 Å². The Balaban J connectivity index is 2.53. The summed E-state index contributed by atoms with van der Waals surface area (Å²) in [6.07, 6.45) is -2.85. The summed E-state index contributed by atoms with van der Waals surface area (Å²) >= 11 is 4.34. The Kier molecular flexibility index (Phi) is 5.46. The molecule has 0 aliphatic heterocycles. The second kappa shape index (κ2) is 6.42. The topological polar surface area (TPSA) is 42.0 Å². The summed E-state index contributed by atoms with van der Waals surface area (Å²) in [5.41, 5.74) is 0. The van der Waals surface area contributed by atoms with Gasteiger partial charge in [-0.15, -0.1) is 0 Å². The van der Waals surface area contributed by atoms with Crippen LogP contribution in [0.2, 0.25) is 0 Å². The molecule has 1 aromatic rings. The largest absolute Gasteiger partial charge is 0.405 e. The molecule has 1 heterocycles. The van der Waals surface area contributed by atoms with Crippen molar-refractivity contribution in [2.75, 3.05) is 6.54 Å². The summed E-state index contributed by atoms with van der Waals surface area (Å²) in [5, 5.41) is 1.74. The van der Waals surface area contributed by atoms with Crippen LogP contribution in [0.4, 0.5) is 13.2 Å². The van der Waals surface area contributed by atoms with Gasteiger partial charge in [0.25, 0.3) is 0 Å². The number of rotatable bonds is 4. The molecule has 8 heteroatoms. The van der Waals surface area contributed by atoms with E-state index in [4.69, 9.17) is 0 Å². The molecule has 1 rings (SSSR count). The van der Waals surface area contributed by atoms with Gasteiger partial charge in [0.05, 0.1) is 5.25 Å². The van der Waals surface area contributed by atoms with Crippen molar-refractivity contribution >= 4 is 33.6 Å². The molecule has 0 aliphatic rings. The Hall–Kier alpha value is -0.760. The van der Waals surface area contributed by atoms with Gasteiger partial charge in [-0.3, -0.25) is 4.79 Å². The smallest absolute Gasteiger partial charge is 0.346 e. The number of nitrogens with zero attached hydrogens (tertiary/aromatic N) is 1. The maximum absolute atomic E-state index is 11.9. The number of pyridine rings is 1. The zero-order valence-electron chi connectivity index (χ0n) is 9.29. The highest BCUT2D eigenvalue weighted by molar-refractivity contribution is 9.10. The molecule has 0 spiro atoms. The van der Waals surface area contributed by atoms with Crippen LogP contribution in [0.5, 0.6) is 0 Å². The van der Waals surface area contributed by atoms with E-state index in [0.29, 0.717) is 9.50 Å². The number of alkyl halides is 3. The van der Waals surface area contributed by atoms with Gasteiger partial charge in [0.15, 0.2) is 0 Å². The molecule has 1 amide bonds. The molecule has 0 aliphatic carbocycles. The van der Waals surface area contributed by atoms with Gasteiger partial charge in [-0.25, -0.2) is 4.98 Å². The molecule has 0 saturated heterocycles. The molecule has 1 N–H and O–H groups in total. The first kappa shape index (κ1) is 15.3. The van der Waals surface area contributed by atoms with Crippen LogP contribution in [-0.2, 0) is 4.79 Å². The fraction of sp³-hybridized carbons (Fsp3) is 0.400. The quantitative estimate of drug-likeness (QED) is 0.855. The molecule has 0 fully saturated rings. The number of hydrogen-bond acceptors (Lipinski definition) is 3.